The lowest BCUT2D eigenvalue weighted by atomic mass is 10.3. The SMILES string of the molecule is NCc1ccc(Oc2ccc(Cl)cc2Cl)nn1. The maximum absolute atomic E-state index is 5.96. The molecule has 0 radical (unpaired) electrons. The van der Waals surface area contributed by atoms with Crippen LogP contribution in [0.1, 0.15) is 5.69 Å². The number of aromatic nitrogens is 2. The zero-order valence-corrected chi connectivity index (χ0v) is 10.2. The van der Waals surface area contributed by atoms with E-state index in [1.807, 2.05) is 0 Å². The molecular weight excluding hydrogens is 261 g/mol. The van der Waals surface area contributed by atoms with E-state index in [1.165, 1.54) is 0 Å². The Balaban J connectivity index is 2.19. The van der Waals surface area contributed by atoms with Crippen molar-refractivity contribution in [3.05, 3.63) is 46.1 Å². The van der Waals surface area contributed by atoms with E-state index in [-0.39, 0.29) is 0 Å². The Labute approximate surface area is 108 Å². The Morgan fingerprint density at radius 2 is 1.94 bits per heavy atom. The van der Waals surface area contributed by atoms with Crippen LogP contribution in [0.4, 0.5) is 0 Å². The molecule has 0 saturated carbocycles. The molecule has 0 aliphatic carbocycles. The summed E-state index contributed by atoms with van der Waals surface area (Å²) in [5.41, 5.74) is 6.11. The number of benzene rings is 1. The molecule has 0 atom stereocenters. The van der Waals surface area contributed by atoms with E-state index >= 15 is 0 Å². The number of halogens is 2. The first-order valence-electron chi connectivity index (χ1n) is 4.84. The van der Waals surface area contributed by atoms with Gasteiger partial charge in [0.2, 0.25) is 5.88 Å². The van der Waals surface area contributed by atoms with Crippen LogP contribution in [0.5, 0.6) is 11.6 Å². The van der Waals surface area contributed by atoms with Gasteiger partial charge in [-0.3, -0.25) is 0 Å². The minimum atomic E-state index is 0.342. The summed E-state index contributed by atoms with van der Waals surface area (Å²) in [6.45, 7) is 0.342. The second-order valence-corrected chi connectivity index (χ2v) is 4.09. The Morgan fingerprint density at radius 1 is 1.12 bits per heavy atom. The van der Waals surface area contributed by atoms with Gasteiger partial charge in [-0.05, 0) is 24.3 Å². The number of nitrogens with zero attached hydrogens (tertiary/aromatic N) is 2. The molecule has 88 valence electrons. The van der Waals surface area contributed by atoms with Gasteiger partial charge in [-0.25, -0.2) is 0 Å². The summed E-state index contributed by atoms with van der Waals surface area (Å²) < 4.78 is 5.46. The molecular formula is C11H9Cl2N3O. The highest BCUT2D eigenvalue weighted by atomic mass is 35.5. The third kappa shape index (κ3) is 3.06. The predicted octanol–water partition coefficient (Wildman–Crippen LogP) is 3.03. The molecule has 0 bridgehead atoms. The zero-order valence-electron chi connectivity index (χ0n) is 8.73. The fraction of sp³-hybridized carbons (Fsp3) is 0.0909. The molecule has 2 rings (SSSR count). The summed E-state index contributed by atoms with van der Waals surface area (Å²) in [7, 11) is 0. The maximum Gasteiger partial charge on any atom is 0.238 e. The van der Waals surface area contributed by atoms with E-state index in [0.717, 1.165) is 0 Å². The second-order valence-electron chi connectivity index (χ2n) is 3.24. The molecule has 1 heterocycles. The molecule has 0 aliphatic heterocycles. The highest BCUT2D eigenvalue weighted by molar-refractivity contribution is 6.35. The van der Waals surface area contributed by atoms with E-state index in [9.17, 15) is 0 Å². The smallest absolute Gasteiger partial charge is 0.238 e. The summed E-state index contributed by atoms with van der Waals surface area (Å²) in [6.07, 6.45) is 0. The Kier molecular flexibility index (Phi) is 3.78. The van der Waals surface area contributed by atoms with Gasteiger partial charge < -0.3 is 10.5 Å². The van der Waals surface area contributed by atoms with Gasteiger partial charge in [0, 0.05) is 17.6 Å². The van der Waals surface area contributed by atoms with Crippen molar-refractivity contribution in [1.29, 1.82) is 0 Å². The van der Waals surface area contributed by atoms with Crippen molar-refractivity contribution in [2.45, 2.75) is 6.54 Å². The highest BCUT2D eigenvalue weighted by Gasteiger charge is 2.05. The van der Waals surface area contributed by atoms with Crippen molar-refractivity contribution in [3.8, 4) is 11.6 Å². The number of hydrogen-bond acceptors (Lipinski definition) is 4. The van der Waals surface area contributed by atoms with E-state index in [0.29, 0.717) is 33.9 Å². The summed E-state index contributed by atoms with van der Waals surface area (Å²) in [4.78, 5) is 0. The minimum Gasteiger partial charge on any atom is -0.436 e. The van der Waals surface area contributed by atoms with Gasteiger partial charge in [0.15, 0.2) is 0 Å². The molecule has 1 aromatic heterocycles. The standard InChI is InChI=1S/C11H9Cl2N3O/c12-7-1-3-10(9(13)5-7)17-11-4-2-8(6-14)15-16-11/h1-5H,6,14H2. The normalized spacial score (nSPS) is 10.3. The van der Waals surface area contributed by atoms with Gasteiger partial charge in [-0.2, -0.15) is 5.10 Å². The number of ether oxygens (including phenoxy) is 1. The fourth-order valence-electron chi connectivity index (χ4n) is 1.18. The third-order valence-electron chi connectivity index (χ3n) is 2.01. The van der Waals surface area contributed by atoms with Crippen molar-refractivity contribution < 1.29 is 4.74 Å². The molecule has 0 unspecified atom stereocenters. The maximum atomic E-state index is 5.96. The first-order valence-corrected chi connectivity index (χ1v) is 5.60. The molecule has 4 nitrogen and oxygen atoms in total. The monoisotopic (exact) mass is 269 g/mol. The van der Waals surface area contributed by atoms with Crippen LogP contribution in [0.25, 0.3) is 0 Å². The van der Waals surface area contributed by atoms with Crippen LogP contribution >= 0.6 is 23.2 Å². The van der Waals surface area contributed by atoms with E-state index in [4.69, 9.17) is 33.7 Å². The van der Waals surface area contributed by atoms with Crippen LogP contribution in [0.2, 0.25) is 10.0 Å². The lowest BCUT2D eigenvalue weighted by molar-refractivity contribution is 0.454. The van der Waals surface area contributed by atoms with Gasteiger partial charge in [0.05, 0.1) is 10.7 Å². The first-order chi connectivity index (χ1) is 8.19. The molecule has 1 aromatic carbocycles. The van der Waals surface area contributed by atoms with Gasteiger partial charge >= 0.3 is 0 Å². The average molecular weight is 270 g/mol. The van der Waals surface area contributed by atoms with Crippen molar-refractivity contribution in [1.82, 2.24) is 10.2 Å². The molecule has 0 fully saturated rings. The van der Waals surface area contributed by atoms with Crippen LogP contribution in [-0.4, -0.2) is 10.2 Å². The second kappa shape index (κ2) is 5.31. The van der Waals surface area contributed by atoms with Gasteiger partial charge in [-0.15, -0.1) is 5.10 Å². The Bertz CT molecular complexity index is 517. The molecule has 0 aliphatic rings. The molecule has 2 aromatic rings. The van der Waals surface area contributed by atoms with Gasteiger partial charge in [0.25, 0.3) is 0 Å². The summed E-state index contributed by atoms with van der Waals surface area (Å²) >= 11 is 11.7. The van der Waals surface area contributed by atoms with Gasteiger partial charge in [0.1, 0.15) is 5.75 Å². The number of nitrogens with two attached hydrogens (primary N) is 1. The molecule has 0 spiro atoms. The number of hydrogen-bond donors (Lipinski definition) is 1. The van der Waals surface area contributed by atoms with Gasteiger partial charge in [-0.1, -0.05) is 23.2 Å². The van der Waals surface area contributed by atoms with E-state index in [1.54, 1.807) is 30.3 Å². The largest absolute Gasteiger partial charge is 0.436 e. The van der Waals surface area contributed by atoms with Crippen LogP contribution in [0, 0.1) is 0 Å². The Morgan fingerprint density at radius 3 is 2.53 bits per heavy atom. The summed E-state index contributed by atoms with van der Waals surface area (Å²) in [6, 6.07) is 8.38. The minimum absolute atomic E-state index is 0.342. The van der Waals surface area contributed by atoms with Crippen molar-refractivity contribution >= 4 is 23.2 Å². The average Bonchev–Trinajstić information content (AvgIpc) is 2.34. The molecule has 0 amide bonds. The predicted molar refractivity (Wildman–Crippen MR) is 66.5 cm³/mol. The lowest BCUT2D eigenvalue weighted by Gasteiger charge is -2.06. The fourth-order valence-corrected chi connectivity index (χ4v) is 1.63. The lowest BCUT2D eigenvalue weighted by Crippen LogP contribution is -2.01. The molecule has 2 N–H and O–H groups in total. The highest BCUT2D eigenvalue weighted by Crippen LogP contribution is 2.30. The van der Waals surface area contributed by atoms with E-state index < -0.39 is 0 Å². The number of rotatable bonds is 3. The van der Waals surface area contributed by atoms with Crippen molar-refractivity contribution in [2.75, 3.05) is 0 Å². The first kappa shape index (κ1) is 12.1. The van der Waals surface area contributed by atoms with Crippen LogP contribution in [0.3, 0.4) is 0 Å². The van der Waals surface area contributed by atoms with Crippen molar-refractivity contribution in [2.24, 2.45) is 5.73 Å². The third-order valence-corrected chi connectivity index (χ3v) is 2.54. The van der Waals surface area contributed by atoms with Crippen LogP contribution < -0.4 is 10.5 Å². The van der Waals surface area contributed by atoms with Crippen molar-refractivity contribution in [3.63, 3.8) is 0 Å². The topological polar surface area (TPSA) is 61.0 Å². The summed E-state index contributed by atoms with van der Waals surface area (Å²) in [5.74, 6) is 0.831. The summed E-state index contributed by atoms with van der Waals surface area (Å²) in [5, 5.41) is 8.70. The molecule has 6 heteroatoms. The Hall–Kier alpha value is -1.36. The van der Waals surface area contributed by atoms with Crippen LogP contribution in [-0.2, 0) is 6.54 Å². The molecule has 17 heavy (non-hydrogen) atoms. The van der Waals surface area contributed by atoms with E-state index in [2.05, 4.69) is 10.2 Å². The molecule has 0 saturated heterocycles. The quantitative estimate of drug-likeness (QED) is 0.931. The zero-order chi connectivity index (χ0) is 12.3. The van der Waals surface area contributed by atoms with Crippen LogP contribution in [0.15, 0.2) is 30.3 Å².